The zero-order chi connectivity index (χ0) is 22.3. The minimum Gasteiger partial charge on any atom is -0.351 e. The zero-order valence-electron chi connectivity index (χ0n) is 17.7. The number of pyridine rings is 1. The van der Waals surface area contributed by atoms with Gasteiger partial charge in [0.25, 0.3) is 0 Å². The van der Waals surface area contributed by atoms with E-state index in [2.05, 4.69) is 10.3 Å². The Kier molecular flexibility index (Phi) is 7.27. The van der Waals surface area contributed by atoms with Crippen LogP contribution in [-0.4, -0.2) is 22.8 Å². The fraction of sp³-hybridized carbons (Fsp3) is 0.320. The Balaban J connectivity index is 1.74. The van der Waals surface area contributed by atoms with Gasteiger partial charge >= 0.3 is 0 Å². The first kappa shape index (κ1) is 22.1. The van der Waals surface area contributed by atoms with Gasteiger partial charge in [0.2, 0.25) is 11.8 Å². The molecule has 0 saturated heterocycles. The van der Waals surface area contributed by atoms with Crippen LogP contribution in [0.5, 0.6) is 0 Å². The van der Waals surface area contributed by atoms with Gasteiger partial charge in [0.15, 0.2) is 6.04 Å². The number of nitrogens with one attached hydrogen (secondary N) is 1. The Morgan fingerprint density at radius 2 is 1.84 bits per heavy atom. The van der Waals surface area contributed by atoms with Crippen LogP contribution < -0.4 is 10.2 Å². The molecule has 3 aromatic rings. The average molecular weight is 452 g/mol. The predicted molar refractivity (Wildman–Crippen MR) is 124 cm³/mol. The first-order valence-electron chi connectivity index (χ1n) is 10.9. The molecule has 2 amide bonds. The summed E-state index contributed by atoms with van der Waals surface area (Å²) < 4.78 is 14.9. The number of carbonyl (C=O) groups excluding carboxylic acids is 2. The van der Waals surface area contributed by atoms with Gasteiger partial charge in [-0.1, -0.05) is 43.5 Å². The molecule has 0 bridgehead atoms. The molecule has 0 radical (unpaired) electrons. The maximum Gasteiger partial charge on any atom is 0.249 e. The van der Waals surface area contributed by atoms with Crippen molar-refractivity contribution in [1.29, 1.82) is 0 Å². The van der Waals surface area contributed by atoms with Crippen molar-refractivity contribution in [3.8, 4) is 0 Å². The smallest absolute Gasteiger partial charge is 0.249 e. The normalized spacial score (nSPS) is 15.2. The zero-order valence-corrected chi connectivity index (χ0v) is 18.6. The Bertz CT molecular complexity index is 1040. The van der Waals surface area contributed by atoms with Crippen LogP contribution in [0.4, 0.5) is 10.1 Å². The highest BCUT2D eigenvalue weighted by Crippen LogP contribution is 2.31. The molecule has 1 N–H and O–H groups in total. The fourth-order valence-electron chi connectivity index (χ4n) is 4.16. The molecule has 7 heteroatoms. The molecular formula is C25H26FN3O2S. The Morgan fingerprint density at radius 3 is 2.53 bits per heavy atom. The number of aromatic nitrogens is 1. The second kappa shape index (κ2) is 10.5. The Morgan fingerprint density at radius 1 is 1.06 bits per heavy atom. The lowest BCUT2D eigenvalue weighted by Gasteiger charge is -2.33. The van der Waals surface area contributed by atoms with Crippen LogP contribution in [-0.2, 0) is 16.0 Å². The molecule has 1 aliphatic carbocycles. The molecule has 2 heterocycles. The lowest BCUT2D eigenvalue weighted by molar-refractivity contribution is -0.127. The maximum absolute atomic E-state index is 14.9. The highest BCUT2D eigenvalue weighted by atomic mass is 32.1. The average Bonchev–Trinajstić information content (AvgIpc) is 3.32. The van der Waals surface area contributed by atoms with Crippen LogP contribution in [0, 0.1) is 5.82 Å². The van der Waals surface area contributed by atoms with Gasteiger partial charge in [-0.05, 0) is 48.6 Å². The lowest BCUT2D eigenvalue weighted by Crippen LogP contribution is -2.48. The number of benzene rings is 1. The first-order chi connectivity index (χ1) is 15.6. The van der Waals surface area contributed by atoms with E-state index in [1.807, 2.05) is 17.5 Å². The minimum absolute atomic E-state index is 0.0531. The third-order valence-electron chi connectivity index (χ3n) is 5.71. The van der Waals surface area contributed by atoms with Gasteiger partial charge in [-0.3, -0.25) is 19.5 Å². The topological polar surface area (TPSA) is 62.3 Å². The maximum atomic E-state index is 14.9. The number of thiophene rings is 1. The summed E-state index contributed by atoms with van der Waals surface area (Å²) in [6, 6.07) is 14.0. The van der Waals surface area contributed by atoms with E-state index < -0.39 is 11.9 Å². The van der Waals surface area contributed by atoms with Crippen LogP contribution in [0.15, 0.2) is 66.2 Å². The number of hydrogen-bond donors (Lipinski definition) is 1. The summed E-state index contributed by atoms with van der Waals surface area (Å²) in [5.74, 6) is -1.25. The van der Waals surface area contributed by atoms with Crippen molar-refractivity contribution < 1.29 is 14.0 Å². The Hall–Kier alpha value is -3.06. The van der Waals surface area contributed by atoms with Gasteiger partial charge < -0.3 is 5.32 Å². The molecule has 32 heavy (non-hydrogen) atoms. The summed E-state index contributed by atoms with van der Waals surface area (Å²) in [6.07, 6.45) is 6.76. The molecule has 1 saturated carbocycles. The third-order valence-corrected chi connectivity index (χ3v) is 6.59. The Labute approximate surface area is 191 Å². The SMILES string of the molecule is O=C(NC1CCCCC1)[C@@H](c1ccccn1)N(C(=O)Cc1cccs1)c1ccccc1F. The number of rotatable bonds is 7. The third kappa shape index (κ3) is 5.22. The summed E-state index contributed by atoms with van der Waals surface area (Å²) in [6.45, 7) is 0. The number of anilines is 1. The second-order valence-electron chi connectivity index (χ2n) is 7.97. The van der Waals surface area contributed by atoms with Gasteiger partial charge in [0, 0.05) is 17.1 Å². The van der Waals surface area contributed by atoms with Gasteiger partial charge in [-0.15, -0.1) is 11.3 Å². The van der Waals surface area contributed by atoms with Crippen LogP contribution in [0.3, 0.4) is 0 Å². The number of hydrogen-bond acceptors (Lipinski definition) is 4. The fourth-order valence-corrected chi connectivity index (χ4v) is 4.86. The number of para-hydroxylation sites is 1. The number of nitrogens with zero attached hydrogens (tertiary/aromatic N) is 2. The van der Waals surface area contributed by atoms with Crippen molar-refractivity contribution in [3.63, 3.8) is 0 Å². The summed E-state index contributed by atoms with van der Waals surface area (Å²) >= 11 is 1.46. The van der Waals surface area contributed by atoms with E-state index >= 15 is 0 Å². The second-order valence-corrected chi connectivity index (χ2v) is 9.00. The molecule has 0 aliphatic heterocycles. The molecule has 4 rings (SSSR count). The van der Waals surface area contributed by atoms with Crippen molar-refractivity contribution in [2.24, 2.45) is 0 Å². The summed E-state index contributed by atoms with van der Waals surface area (Å²) in [4.78, 5) is 33.6. The summed E-state index contributed by atoms with van der Waals surface area (Å²) in [5, 5.41) is 5.00. The van der Waals surface area contributed by atoms with Gasteiger partial charge in [0.05, 0.1) is 17.8 Å². The molecule has 1 fully saturated rings. The predicted octanol–water partition coefficient (Wildman–Crippen LogP) is 5.05. The highest BCUT2D eigenvalue weighted by molar-refractivity contribution is 7.10. The quantitative estimate of drug-likeness (QED) is 0.547. The van der Waals surface area contributed by atoms with Crippen molar-refractivity contribution in [1.82, 2.24) is 10.3 Å². The van der Waals surface area contributed by atoms with Crippen LogP contribution in [0.2, 0.25) is 0 Å². The van der Waals surface area contributed by atoms with E-state index in [1.165, 1.54) is 28.4 Å². The van der Waals surface area contributed by atoms with Gasteiger partial charge in [-0.25, -0.2) is 4.39 Å². The summed E-state index contributed by atoms with van der Waals surface area (Å²) in [5.41, 5.74) is 0.479. The van der Waals surface area contributed by atoms with Crippen molar-refractivity contribution in [3.05, 3.63) is 82.6 Å². The summed E-state index contributed by atoms with van der Waals surface area (Å²) in [7, 11) is 0. The largest absolute Gasteiger partial charge is 0.351 e. The number of carbonyl (C=O) groups is 2. The van der Waals surface area contributed by atoms with E-state index in [-0.39, 0.29) is 30.0 Å². The van der Waals surface area contributed by atoms with E-state index in [4.69, 9.17) is 0 Å². The van der Waals surface area contributed by atoms with Gasteiger partial charge in [0.1, 0.15) is 5.82 Å². The molecule has 0 spiro atoms. The number of halogens is 1. The molecular weight excluding hydrogens is 425 g/mol. The van der Waals surface area contributed by atoms with Crippen LogP contribution in [0.25, 0.3) is 0 Å². The highest BCUT2D eigenvalue weighted by Gasteiger charge is 2.36. The first-order valence-corrected chi connectivity index (χ1v) is 11.8. The van der Waals surface area contributed by atoms with E-state index in [0.29, 0.717) is 5.69 Å². The molecule has 0 unspecified atom stereocenters. The molecule has 1 atom stereocenters. The molecule has 5 nitrogen and oxygen atoms in total. The molecule has 166 valence electrons. The van der Waals surface area contributed by atoms with Crippen LogP contribution >= 0.6 is 11.3 Å². The minimum atomic E-state index is -1.07. The van der Waals surface area contributed by atoms with Crippen molar-refractivity contribution in [2.75, 3.05) is 4.90 Å². The van der Waals surface area contributed by atoms with E-state index in [9.17, 15) is 14.0 Å². The number of amides is 2. The van der Waals surface area contributed by atoms with E-state index in [0.717, 1.165) is 37.0 Å². The molecule has 1 aromatic carbocycles. The van der Waals surface area contributed by atoms with Crippen LogP contribution in [0.1, 0.15) is 48.7 Å². The van der Waals surface area contributed by atoms with Crippen molar-refractivity contribution in [2.45, 2.75) is 50.6 Å². The lowest BCUT2D eigenvalue weighted by atomic mass is 9.95. The standard InChI is InChI=1S/C25H26FN3O2S/c26-20-12-4-5-14-22(20)29(23(30)17-19-11-8-16-32-19)24(21-13-6-7-15-27-21)25(31)28-18-9-2-1-3-10-18/h4-8,11-16,18,24H,1-3,9-10,17H2,(H,28,31)/t24-/m1/s1. The van der Waals surface area contributed by atoms with Crippen molar-refractivity contribution >= 4 is 28.8 Å². The monoisotopic (exact) mass is 451 g/mol. The molecule has 1 aliphatic rings. The molecule has 2 aromatic heterocycles. The van der Waals surface area contributed by atoms with E-state index in [1.54, 1.807) is 36.5 Å². The van der Waals surface area contributed by atoms with Gasteiger partial charge in [-0.2, -0.15) is 0 Å².